The van der Waals surface area contributed by atoms with Crippen LogP contribution < -0.4 is 10.1 Å². The number of nitrogens with one attached hydrogen (secondary N) is 1. The summed E-state index contributed by atoms with van der Waals surface area (Å²) >= 11 is 0. The van der Waals surface area contributed by atoms with Crippen LogP contribution in [0.2, 0.25) is 0 Å². The molecule has 1 aliphatic heterocycles. The number of pyridine rings is 1. The van der Waals surface area contributed by atoms with E-state index in [0.717, 1.165) is 0 Å². The average Bonchev–Trinajstić information content (AvgIpc) is 2.70. The molecule has 0 atom stereocenters. The minimum absolute atomic E-state index is 0.0572. The first-order valence-electron chi connectivity index (χ1n) is 9.03. The van der Waals surface area contributed by atoms with Gasteiger partial charge < -0.3 is 15.0 Å². The number of anilines is 1. The first kappa shape index (κ1) is 18.8. The highest BCUT2D eigenvalue weighted by molar-refractivity contribution is 5.94. The number of nitrogens with zero attached hydrogens (tertiary/aromatic N) is 2. The smallest absolute Gasteiger partial charge is 0.256 e. The maximum Gasteiger partial charge on any atom is 0.256 e. The van der Waals surface area contributed by atoms with Crippen LogP contribution in [0.25, 0.3) is 0 Å². The zero-order chi connectivity index (χ0) is 19.2. The molecule has 2 aromatic rings. The molecule has 1 saturated heterocycles. The molecular formula is C20H22FN3O3. The number of hydrogen-bond acceptors (Lipinski definition) is 4. The van der Waals surface area contributed by atoms with Crippen molar-refractivity contribution in [1.29, 1.82) is 0 Å². The molecule has 27 heavy (non-hydrogen) atoms. The van der Waals surface area contributed by atoms with Gasteiger partial charge in [0.25, 0.3) is 5.91 Å². The van der Waals surface area contributed by atoms with E-state index in [0.29, 0.717) is 43.9 Å². The van der Waals surface area contributed by atoms with Gasteiger partial charge in [-0.3, -0.25) is 9.59 Å². The lowest BCUT2D eigenvalue weighted by Gasteiger charge is -2.32. The Hall–Kier alpha value is -2.96. The predicted molar refractivity (Wildman–Crippen MR) is 99.1 cm³/mol. The molecule has 142 valence electrons. The van der Waals surface area contributed by atoms with Gasteiger partial charge in [0, 0.05) is 38.4 Å². The summed E-state index contributed by atoms with van der Waals surface area (Å²) in [7, 11) is 0. The number of aromatic nitrogens is 1. The van der Waals surface area contributed by atoms with Crippen LogP contribution in [0, 0.1) is 5.82 Å². The van der Waals surface area contributed by atoms with Crippen LogP contribution in [0.4, 0.5) is 10.1 Å². The number of hydrogen-bond donors (Lipinski definition) is 1. The molecule has 1 N–H and O–H groups in total. The van der Waals surface area contributed by atoms with E-state index in [1.807, 2.05) is 0 Å². The molecule has 0 aliphatic carbocycles. The molecule has 0 unspecified atom stereocenters. The molecule has 6 nitrogen and oxygen atoms in total. The molecule has 0 spiro atoms. The van der Waals surface area contributed by atoms with Crippen LogP contribution in [-0.2, 0) is 4.79 Å². The number of ether oxygens (including phenoxy) is 1. The average molecular weight is 371 g/mol. The molecule has 0 bridgehead atoms. The summed E-state index contributed by atoms with van der Waals surface area (Å²) in [6.45, 7) is 2.79. The standard InChI is InChI=1S/C20H22FN3O3/c1-2-18(25)23-14-7-8-19(22-13-14)27-15-9-11-24(12-10-15)20(26)16-5-3-4-6-17(16)21/h3-8,13,15H,2,9-12H2,1H3,(H,23,25). The minimum Gasteiger partial charge on any atom is -0.474 e. The number of carbonyl (C=O) groups is 2. The summed E-state index contributed by atoms with van der Waals surface area (Å²) < 4.78 is 19.7. The zero-order valence-corrected chi connectivity index (χ0v) is 15.2. The highest BCUT2D eigenvalue weighted by Gasteiger charge is 2.26. The Morgan fingerprint density at radius 3 is 2.59 bits per heavy atom. The number of carbonyl (C=O) groups excluding carboxylic acids is 2. The highest BCUT2D eigenvalue weighted by Crippen LogP contribution is 2.20. The second kappa shape index (κ2) is 8.62. The van der Waals surface area contributed by atoms with Gasteiger partial charge in [0.05, 0.1) is 17.4 Å². The number of likely N-dealkylation sites (tertiary alicyclic amines) is 1. The van der Waals surface area contributed by atoms with E-state index < -0.39 is 5.82 Å². The fourth-order valence-electron chi connectivity index (χ4n) is 2.93. The van der Waals surface area contributed by atoms with Crippen LogP contribution in [0.3, 0.4) is 0 Å². The summed E-state index contributed by atoms with van der Waals surface area (Å²) in [5, 5.41) is 2.73. The molecular weight excluding hydrogens is 349 g/mol. The maximum atomic E-state index is 13.8. The van der Waals surface area contributed by atoms with Gasteiger partial charge in [-0.25, -0.2) is 9.37 Å². The molecule has 2 amide bonds. The van der Waals surface area contributed by atoms with Crippen molar-refractivity contribution in [1.82, 2.24) is 9.88 Å². The van der Waals surface area contributed by atoms with Crippen molar-refractivity contribution in [2.75, 3.05) is 18.4 Å². The molecule has 1 aromatic carbocycles. The van der Waals surface area contributed by atoms with Gasteiger partial charge in [0.15, 0.2) is 0 Å². The summed E-state index contributed by atoms with van der Waals surface area (Å²) in [5.74, 6) is -0.387. The Morgan fingerprint density at radius 1 is 1.22 bits per heavy atom. The molecule has 1 aliphatic rings. The van der Waals surface area contributed by atoms with Gasteiger partial charge in [-0.1, -0.05) is 19.1 Å². The topological polar surface area (TPSA) is 71.5 Å². The number of rotatable bonds is 5. The highest BCUT2D eigenvalue weighted by atomic mass is 19.1. The van der Waals surface area contributed by atoms with Gasteiger partial charge in [-0.2, -0.15) is 0 Å². The number of benzene rings is 1. The Balaban J connectivity index is 1.51. The molecule has 0 radical (unpaired) electrons. The Morgan fingerprint density at radius 2 is 1.96 bits per heavy atom. The molecule has 3 rings (SSSR count). The molecule has 1 fully saturated rings. The van der Waals surface area contributed by atoms with Gasteiger partial charge in [0.2, 0.25) is 11.8 Å². The van der Waals surface area contributed by atoms with Gasteiger partial charge in [-0.05, 0) is 18.2 Å². The summed E-state index contributed by atoms with van der Waals surface area (Å²) in [6.07, 6.45) is 3.20. The van der Waals surface area contributed by atoms with Crippen LogP contribution in [-0.4, -0.2) is 40.9 Å². The van der Waals surface area contributed by atoms with E-state index >= 15 is 0 Å². The Kier molecular flexibility index (Phi) is 6.01. The first-order valence-corrected chi connectivity index (χ1v) is 9.03. The third-order valence-electron chi connectivity index (χ3n) is 4.46. The quantitative estimate of drug-likeness (QED) is 0.876. The van der Waals surface area contributed by atoms with Crippen LogP contribution in [0.15, 0.2) is 42.6 Å². The van der Waals surface area contributed by atoms with Gasteiger partial charge in [0.1, 0.15) is 11.9 Å². The van der Waals surface area contributed by atoms with Gasteiger partial charge in [-0.15, -0.1) is 0 Å². The van der Waals surface area contributed by atoms with Crippen molar-refractivity contribution in [3.63, 3.8) is 0 Å². The van der Waals surface area contributed by atoms with E-state index in [4.69, 9.17) is 4.74 Å². The van der Waals surface area contributed by atoms with Gasteiger partial charge >= 0.3 is 0 Å². The third-order valence-corrected chi connectivity index (χ3v) is 4.46. The predicted octanol–water partition coefficient (Wildman–Crippen LogP) is 3.25. The summed E-state index contributed by atoms with van der Waals surface area (Å²) in [6, 6.07) is 9.47. The molecule has 0 saturated carbocycles. The van der Waals surface area contributed by atoms with E-state index in [1.54, 1.807) is 42.3 Å². The van der Waals surface area contributed by atoms with E-state index in [-0.39, 0.29) is 23.5 Å². The Labute approximate surface area is 157 Å². The Bertz CT molecular complexity index is 802. The van der Waals surface area contributed by atoms with Crippen LogP contribution in [0.1, 0.15) is 36.5 Å². The lowest BCUT2D eigenvalue weighted by Crippen LogP contribution is -2.42. The second-order valence-electron chi connectivity index (χ2n) is 6.38. The first-order chi connectivity index (χ1) is 13.1. The number of piperidine rings is 1. The van der Waals surface area contributed by atoms with E-state index in [1.165, 1.54) is 12.1 Å². The van der Waals surface area contributed by atoms with Crippen molar-refractivity contribution in [3.05, 3.63) is 54.0 Å². The van der Waals surface area contributed by atoms with Crippen molar-refractivity contribution in [2.24, 2.45) is 0 Å². The van der Waals surface area contributed by atoms with Crippen molar-refractivity contribution in [2.45, 2.75) is 32.3 Å². The lowest BCUT2D eigenvalue weighted by atomic mass is 10.1. The molecule has 7 heteroatoms. The maximum absolute atomic E-state index is 13.8. The van der Waals surface area contributed by atoms with Crippen molar-refractivity contribution in [3.8, 4) is 5.88 Å². The fraction of sp³-hybridized carbons (Fsp3) is 0.350. The normalized spacial score (nSPS) is 14.7. The monoisotopic (exact) mass is 371 g/mol. The summed E-state index contributed by atoms with van der Waals surface area (Å²) in [5.41, 5.74) is 0.725. The van der Waals surface area contributed by atoms with Crippen LogP contribution >= 0.6 is 0 Å². The SMILES string of the molecule is CCC(=O)Nc1ccc(OC2CCN(C(=O)c3ccccc3F)CC2)nc1. The lowest BCUT2D eigenvalue weighted by molar-refractivity contribution is -0.115. The second-order valence-corrected chi connectivity index (χ2v) is 6.38. The summed E-state index contributed by atoms with van der Waals surface area (Å²) in [4.78, 5) is 29.7. The largest absolute Gasteiger partial charge is 0.474 e. The molecule has 2 heterocycles. The molecule has 1 aromatic heterocycles. The van der Waals surface area contributed by atoms with E-state index in [9.17, 15) is 14.0 Å². The van der Waals surface area contributed by atoms with Crippen molar-refractivity contribution >= 4 is 17.5 Å². The number of halogens is 1. The van der Waals surface area contributed by atoms with Crippen LogP contribution in [0.5, 0.6) is 5.88 Å². The fourth-order valence-corrected chi connectivity index (χ4v) is 2.93. The minimum atomic E-state index is -0.500. The van der Waals surface area contributed by atoms with E-state index in [2.05, 4.69) is 10.3 Å². The number of amides is 2. The van der Waals surface area contributed by atoms with Crippen molar-refractivity contribution < 1.29 is 18.7 Å². The third kappa shape index (κ3) is 4.81. The zero-order valence-electron chi connectivity index (χ0n) is 15.2.